The maximum absolute atomic E-state index is 11.7. The van der Waals surface area contributed by atoms with E-state index in [0.717, 1.165) is 6.54 Å². The first-order valence-corrected chi connectivity index (χ1v) is 5.92. The van der Waals surface area contributed by atoms with Gasteiger partial charge < -0.3 is 10.1 Å². The number of rotatable bonds is 6. The molecule has 96 valence electrons. The van der Waals surface area contributed by atoms with Crippen molar-refractivity contribution in [1.29, 1.82) is 0 Å². The van der Waals surface area contributed by atoms with Crippen molar-refractivity contribution in [2.75, 3.05) is 13.2 Å². The fourth-order valence-corrected chi connectivity index (χ4v) is 1.67. The number of esters is 1. The van der Waals surface area contributed by atoms with E-state index in [0.29, 0.717) is 18.2 Å². The molecule has 1 aromatic rings. The summed E-state index contributed by atoms with van der Waals surface area (Å²) in [5, 5.41) is 13.7. The molecule has 6 nitrogen and oxygen atoms in total. The first kappa shape index (κ1) is 13.6. The van der Waals surface area contributed by atoms with Crippen molar-refractivity contribution in [2.24, 2.45) is 5.92 Å². The molecule has 0 radical (unpaired) electrons. The van der Waals surface area contributed by atoms with Gasteiger partial charge in [-0.3, -0.25) is 0 Å². The van der Waals surface area contributed by atoms with Crippen LogP contribution >= 0.6 is 0 Å². The van der Waals surface area contributed by atoms with E-state index in [9.17, 15) is 4.79 Å². The van der Waals surface area contributed by atoms with Gasteiger partial charge in [0.15, 0.2) is 5.69 Å². The molecule has 0 fully saturated rings. The van der Waals surface area contributed by atoms with E-state index in [2.05, 4.69) is 34.6 Å². The van der Waals surface area contributed by atoms with Crippen molar-refractivity contribution >= 4 is 5.97 Å². The maximum Gasteiger partial charge on any atom is 0.360 e. The molecule has 0 spiro atoms. The molecular weight excluding hydrogens is 220 g/mol. The Morgan fingerprint density at radius 3 is 2.65 bits per heavy atom. The molecule has 17 heavy (non-hydrogen) atoms. The monoisotopic (exact) mass is 240 g/mol. The lowest BCUT2D eigenvalue weighted by atomic mass is 9.99. The second kappa shape index (κ2) is 6.34. The second-order valence-corrected chi connectivity index (χ2v) is 4.06. The quantitative estimate of drug-likeness (QED) is 0.732. The topological polar surface area (TPSA) is 79.9 Å². The zero-order valence-electron chi connectivity index (χ0n) is 10.8. The average Bonchev–Trinajstić information content (AvgIpc) is 2.74. The molecule has 1 heterocycles. The number of aromatic nitrogens is 3. The van der Waals surface area contributed by atoms with Gasteiger partial charge in [-0.05, 0) is 19.4 Å². The predicted molar refractivity (Wildman–Crippen MR) is 63.6 cm³/mol. The molecule has 0 aliphatic carbocycles. The molecule has 1 unspecified atom stereocenters. The highest BCUT2D eigenvalue weighted by atomic mass is 16.5. The smallest absolute Gasteiger partial charge is 0.360 e. The molecule has 2 N–H and O–H groups in total. The first-order chi connectivity index (χ1) is 8.11. The van der Waals surface area contributed by atoms with Crippen molar-refractivity contribution in [3.63, 3.8) is 0 Å². The lowest BCUT2D eigenvalue weighted by Crippen LogP contribution is -2.27. The summed E-state index contributed by atoms with van der Waals surface area (Å²) in [7, 11) is 0. The van der Waals surface area contributed by atoms with Crippen LogP contribution in [0.4, 0.5) is 0 Å². The van der Waals surface area contributed by atoms with Crippen molar-refractivity contribution in [1.82, 2.24) is 20.7 Å². The van der Waals surface area contributed by atoms with Crippen LogP contribution in [0, 0.1) is 5.92 Å². The van der Waals surface area contributed by atoms with Crippen molar-refractivity contribution in [2.45, 2.75) is 33.7 Å². The van der Waals surface area contributed by atoms with Crippen LogP contribution in [0.15, 0.2) is 0 Å². The molecule has 1 rings (SSSR count). The summed E-state index contributed by atoms with van der Waals surface area (Å²) in [5.41, 5.74) is 0.895. The van der Waals surface area contributed by atoms with E-state index in [4.69, 9.17) is 4.74 Å². The van der Waals surface area contributed by atoms with Gasteiger partial charge in [0.05, 0.1) is 12.6 Å². The maximum atomic E-state index is 11.7. The molecule has 0 aliphatic heterocycles. The lowest BCUT2D eigenvalue weighted by molar-refractivity contribution is 0.0516. The minimum atomic E-state index is -0.431. The summed E-state index contributed by atoms with van der Waals surface area (Å²) in [4.78, 5) is 11.7. The number of ether oxygens (including phenoxy) is 1. The lowest BCUT2D eigenvalue weighted by Gasteiger charge is -2.19. The minimum Gasteiger partial charge on any atom is -0.461 e. The van der Waals surface area contributed by atoms with Crippen molar-refractivity contribution in [3.8, 4) is 0 Å². The van der Waals surface area contributed by atoms with Gasteiger partial charge in [-0.25, -0.2) is 4.79 Å². The fourth-order valence-electron chi connectivity index (χ4n) is 1.67. The van der Waals surface area contributed by atoms with E-state index >= 15 is 0 Å². The summed E-state index contributed by atoms with van der Waals surface area (Å²) in [6, 6.07) is -0.00171. The van der Waals surface area contributed by atoms with Gasteiger partial charge >= 0.3 is 5.97 Å². The van der Waals surface area contributed by atoms with Crippen LogP contribution in [0.2, 0.25) is 0 Å². The molecule has 0 saturated heterocycles. The molecule has 6 heteroatoms. The Hall–Kier alpha value is -1.43. The van der Waals surface area contributed by atoms with Gasteiger partial charge in [0, 0.05) is 0 Å². The molecule has 0 aliphatic rings. The van der Waals surface area contributed by atoms with E-state index < -0.39 is 5.97 Å². The number of carbonyl (C=O) groups excluding carboxylic acids is 1. The van der Waals surface area contributed by atoms with Crippen LogP contribution in [0.25, 0.3) is 0 Å². The zero-order chi connectivity index (χ0) is 12.8. The Morgan fingerprint density at radius 1 is 1.41 bits per heavy atom. The minimum absolute atomic E-state index is 0.00171. The van der Waals surface area contributed by atoms with Crippen LogP contribution in [0.3, 0.4) is 0 Å². The Kier molecular flexibility index (Phi) is 5.09. The molecule has 1 atom stereocenters. The van der Waals surface area contributed by atoms with Crippen molar-refractivity contribution in [3.05, 3.63) is 11.4 Å². The molecule has 0 saturated carbocycles. The van der Waals surface area contributed by atoms with Crippen LogP contribution < -0.4 is 5.32 Å². The number of hydrogen-bond acceptors (Lipinski definition) is 5. The van der Waals surface area contributed by atoms with E-state index in [1.165, 1.54) is 0 Å². The van der Waals surface area contributed by atoms with Crippen LogP contribution in [-0.4, -0.2) is 34.5 Å². The number of H-pyrrole nitrogens is 1. The normalized spacial score (nSPS) is 12.8. The number of carbonyl (C=O) groups is 1. The van der Waals surface area contributed by atoms with Gasteiger partial charge in [-0.15, -0.1) is 5.10 Å². The zero-order valence-corrected chi connectivity index (χ0v) is 10.8. The third-order valence-corrected chi connectivity index (χ3v) is 2.43. The van der Waals surface area contributed by atoms with E-state index in [1.54, 1.807) is 6.92 Å². The standard InChI is InChI=1S/C11H20N4O2/c1-5-12-8(7(3)4)9-10(14-15-13-9)11(16)17-6-2/h7-8,12H,5-6H2,1-4H3,(H,13,14,15). The number of aromatic amines is 1. The van der Waals surface area contributed by atoms with E-state index in [-0.39, 0.29) is 11.7 Å². The average molecular weight is 240 g/mol. The number of nitrogens with one attached hydrogen (secondary N) is 2. The Morgan fingerprint density at radius 2 is 2.12 bits per heavy atom. The highest BCUT2D eigenvalue weighted by Crippen LogP contribution is 2.22. The van der Waals surface area contributed by atoms with Gasteiger partial charge in [-0.1, -0.05) is 20.8 Å². The van der Waals surface area contributed by atoms with E-state index in [1.807, 2.05) is 6.92 Å². The van der Waals surface area contributed by atoms with Gasteiger partial charge in [-0.2, -0.15) is 10.3 Å². The highest BCUT2D eigenvalue weighted by Gasteiger charge is 2.26. The number of nitrogens with zero attached hydrogens (tertiary/aromatic N) is 2. The summed E-state index contributed by atoms with van der Waals surface area (Å²) in [6.45, 7) is 9.05. The molecule has 0 bridgehead atoms. The molecule has 1 aromatic heterocycles. The summed E-state index contributed by atoms with van der Waals surface area (Å²) in [5.74, 6) is -0.118. The predicted octanol–water partition coefficient (Wildman–Crippen LogP) is 1.29. The third kappa shape index (κ3) is 3.26. The van der Waals surface area contributed by atoms with Gasteiger partial charge in [0.2, 0.25) is 0 Å². The Labute approximate surface area is 101 Å². The largest absolute Gasteiger partial charge is 0.461 e. The summed E-state index contributed by atoms with van der Waals surface area (Å²) < 4.78 is 4.95. The Bertz CT molecular complexity index is 362. The van der Waals surface area contributed by atoms with Gasteiger partial charge in [0.25, 0.3) is 0 Å². The molecule has 0 amide bonds. The first-order valence-electron chi connectivity index (χ1n) is 5.92. The fraction of sp³-hybridized carbons (Fsp3) is 0.727. The van der Waals surface area contributed by atoms with Crippen LogP contribution in [0.5, 0.6) is 0 Å². The van der Waals surface area contributed by atoms with Crippen molar-refractivity contribution < 1.29 is 9.53 Å². The van der Waals surface area contributed by atoms with Gasteiger partial charge in [0.1, 0.15) is 5.69 Å². The van der Waals surface area contributed by atoms with Crippen LogP contribution in [0.1, 0.15) is 49.9 Å². The Balaban J connectivity index is 2.95. The molecular formula is C11H20N4O2. The molecule has 0 aromatic carbocycles. The SMILES string of the molecule is CCNC(c1n[nH]nc1C(=O)OCC)C(C)C. The highest BCUT2D eigenvalue weighted by molar-refractivity contribution is 5.88. The third-order valence-electron chi connectivity index (χ3n) is 2.43. The summed E-state index contributed by atoms with van der Waals surface area (Å²) >= 11 is 0. The number of hydrogen-bond donors (Lipinski definition) is 2. The van der Waals surface area contributed by atoms with Crippen LogP contribution in [-0.2, 0) is 4.74 Å². The summed E-state index contributed by atoms with van der Waals surface area (Å²) in [6.07, 6.45) is 0. The second-order valence-electron chi connectivity index (χ2n) is 4.06.